The summed E-state index contributed by atoms with van der Waals surface area (Å²) in [5.41, 5.74) is 1.84. The van der Waals surface area contributed by atoms with Gasteiger partial charge in [0.2, 0.25) is 0 Å². The number of nitrogens with zero attached hydrogens (tertiary/aromatic N) is 4. The van der Waals surface area contributed by atoms with Crippen molar-refractivity contribution in [2.75, 3.05) is 0 Å². The molecule has 0 amide bonds. The van der Waals surface area contributed by atoms with E-state index in [4.69, 9.17) is 0 Å². The van der Waals surface area contributed by atoms with Crippen LogP contribution in [0.4, 0.5) is 0 Å². The van der Waals surface area contributed by atoms with Crippen LogP contribution in [-0.4, -0.2) is 19.9 Å². The van der Waals surface area contributed by atoms with Crippen molar-refractivity contribution in [2.24, 2.45) is 0 Å². The molecule has 0 aliphatic rings. The molecule has 0 aliphatic carbocycles. The van der Waals surface area contributed by atoms with Crippen molar-refractivity contribution in [3.63, 3.8) is 0 Å². The van der Waals surface area contributed by atoms with Crippen LogP contribution in [0.5, 0.6) is 0 Å². The predicted molar refractivity (Wildman–Crippen MR) is 54.6 cm³/mol. The summed E-state index contributed by atoms with van der Waals surface area (Å²) in [5, 5.41) is 3.21. The molecule has 5 nitrogen and oxygen atoms in total. The first-order valence-corrected chi connectivity index (χ1v) is 4.65. The SMILES string of the molecule is c1cnc(CNCc2cnccn2)cn1. The summed E-state index contributed by atoms with van der Waals surface area (Å²) >= 11 is 0. The average molecular weight is 201 g/mol. The van der Waals surface area contributed by atoms with Crippen LogP contribution in [0.2, 0.25) is 0 Å². The first kappa shape index (κ1) is 9.67. The number of hydrogen-bond donors (Lipinski definition) is 1. The Labute approximate surface area is 87.6 Å². The fourth-order valence-corrected chi connectivity index (χ4v) is 1.16. The molecule has 0 spiro atoms. The van der Waals surface area contributed by atoms with E-state index in [9.17, 15) is 0 Å². The zero-order chi connectivity index (χ0) is 10.3. The van der Waals surface area contributed by atoms with E-state index in [0.717, 1.165) is 11.4 Å². The third kappa shape index (κ3) is 3.07. The molecule has 0 aliphatic heterocycles. The van der Waals surface area contributed by atoms with Gasteiger partial charge in [-0.3, -0.25) is 19.9 Å². The molecule has 0 saturated heterocycles. The maximum Gasteiger partial charge on any atom is 0.0724 e. The Morgan fingerprint density at radius 2 is 1.33 bits per heavy atom. The van der Waals surface area contributed by atoms with E-state index < -0.39 is 0 Å². The quantitative estimate of drug-likeness (QED) is 0.782. The lowest BCUT2D eigenvalue weighted by Crippen LogP contribution is -2.14. The highest BCUT2D eigenvalue weighted by Gasteiger charge is 1.95. The minimum Gasteiger partial charge on any atom is -0.305 e. The van der Waals surface area contributed by atoms with Crippen molar-refractivity contribution >= 4 is 0 Å². The molecule has 2 rings (SSSR count). The molecular weight excluding hydrogens is 190 g/mol. The number of hydrogen-bond acceptors (Lipinski definition) is 5. The highest BCUT2D eigenvalue weighted by Crippen LogP contribution is 1.92. The molecular formula is C10H11N5. The third-order valence-corrected chi connectivity index (χ3v) is 1.85. The maximum absolute atomic E-state index is 4.15. The number of rotatable bonds is 4. The number of nitrogens with one attached hydrogen (secondary N) is 1. The first-order chi connectivity index (χ1) is 7.45. The largest absolute Gasteiger partial charge is 0.305 e. The minimum absolute atomic E-state index is 0.685. The van der Waals surface area contributed by atoms with Crippen LogP contribution in [0.15, 0.2) is 37.2 Å². The Morgan fingerprint density at radius 3 is 1.73 bits per heavy atom. The summed E-state index contributed by atoms with van der Waals surface area (Å²) < 4.78 is 0. The molecule has 0 radical (unpaired) electrons. The van der Waals surface area contributed by atoms with E-state index in [1.54, 1.807) is 37.2 Å². The summed E-state index contributed by atoms with van der Waals surface area (Å²) in [6, 6.07) is 0. The molecule has 0 atom stereocenters. The molecule has 76 valence electrons. The normalized spacial score (nSPS) is 10.1. The molecule has 2 aromatic rings. The highest BCUT2D eigenvalue weighted by molar-refractivity contribution is 4.97. The van der Waals surface area contributed by atoms with Crippen LogP contribution in [0.1, 0.15) is 11.4 Å². The molecule has 0 unspecified atom stereocenters. The molecule has 0 aromatic carbocycles. The van der Waals surface area contributed by atoms with Gasteiger partial charge < -0.3 is 5.32 Å². The van der Waals surface area contributed by atoms with E-state index >= 15 is 0 Å². The second kappa shape index (κ2) is 5.11. The minimum atomic E-state index is 0.685. The molecule has 2 aromatic heterocycles. The van der Waals surface area contributed by atoms with Crippen LogP contribution in [0, 0.1) is 0 Å². The Balaban J connectivity index is 1.81. The van der Waals surface area contributed by atoms with E-state index in [0.29, 0.717) is 13.1 Å². The van der Waals surface area contributed by atoms with Gasteiger partial charge in [-0.25, -0.2) is 0 Å². The van der Waals surface area contributed by atoms with Gasteiger partial charge >= 0.3 is 0 Å². The van der Waals surface area contributed by atoms with Gasteiger partial charge in [-0.2, -0.15) is 0 Å². The van der Waals surface area contributed by atoms with Gasteiger partial charge in [0.1, 0.15) is 0 Å². The third-order valence-electron chi connectivity index (χ3n) is 1.85. The molecule has 0 saturated carbocycles. The van der Waals surface area contributed by atoms with Crippen molar-refractivity contribution in [1.29, 1.82) is 0 Å². The van der Waals surface area contributed by atoms with Gasteiger partial charge in [-0.15, -0.1) is 0 Å². The molecule has 1 N–H and O–H groups in total. The van der Waals surface area contributed by atoms with Crippen molar-refractivity contribution in [3.05, 3.63) is 48.6 Å². The molecule has 2 heterocycles. The van der Waals surface area contributed by atoms with E-state index in [1.807, 2.05) is 0 Å². The summed E-state index contributed by atoms with van der Waals surface area (Å²) in [6.45, 7) is 1.37. The fraction of sp³-hybridized carbons (Fsp3) is 0.200. The van der Waals surface area contributed by atoms with E-state index in [1.165, 1.54) is 0 Å². The zero-order valence-electron chi connectivity index (χ0n) is 8.17. The molecule has 5 heteroatoms. The molecule has 15 heavy (non-hydrogen) atoms. The maximum atomic E-state index is 4.15. The summed E-state index contributed by atoms with van der Waals surface area (Å²) in [5.74, 6) is 0. The Bertz CT molecular complexity index is 350. The van der Waals surface area contributed by atoms with Crippen molar-refractivity contribution in [3.8, 4) is 0 Å². The fourth-order valence-electron chi connectivity index (χ4n) is 1.16. The van der Waals surface area contributed by atoms with Gasteiger partial charge in [0, 0.05) is 50.3 Å². The predicted octanol–water partition coefficient (Wildman–Crippen LogP) is 0.556. The Hall–Kier alpha value is -1.88. The van der Waals surface area contributed by atoms with E-state index in [-0.39, 0.29) is 0 Å². The second-order valence-corrected chi connectivity index (χ2v) is 3.00. The van der Waals surface area contributed by atoms with Crippen LogP contribution < -0.4 is 5.32 Å². The van der Waals surface area contributed by atoms with Gasteiger partial charge in [-0.1, -0.05) is 0 Å². The van der Waals surface area contributed by atoms with Crippen LogP contribution in [-0.2, 0) is 13.1 Å². The van der Waals surface area contributed by atoms with Crippen LogP contribution in [0.25, 0.3) is 0 Å². The Morgan fingerprint density at radius 1 is 0.800 bits per heavy atom. The smallest absolute Gasteiger partial charge is 0.0724 e. The molecule has 0 fully saturated rings. The van der Waals surface area contributed by atoms with Crippen LogP contribution >= 0.6 is 0 Å². The standard InChI is InChI=1S/C10H11N5/c1-3-14-9(5-11-1)7-13-8-10-6-12-2-4-15-10/h1-6,13H,7-8H2. The van der Waals surface area contributed by atoms with Gasteiger partial charge in [0.15, 0.2) is 0 Å². The van der Waals surface area contributed by atoms with Gasteiger partial charge in [0.25, 0.3) is 0 Å². The lowest BCUT2D eigenvalue weighted by atomic mass is 10.4. The second-order valence-electron chi connectivity index (χ2n) is 3.00. The van der Waals surface area contributed by atoms with Crippen LogP contribution in [0.3, 0.4) is 0 Å². The lowest BCUT2D eigenvalue weighted by Gasteiger charge is -2.02. The summed E-state index contributed by atoms with van der Waals surface area (Å²) in [7, 11) is 0. The van der Waals surface area contributed by atoms with Crippen molar-refractivity contribution in [1.82, 2.24) is 25.3 Å². The lowest BCUT2D eigenvalue weighted by molar-refractivity contribution is 0.662. The van der Waals surface area contributed by atoms with E-state index in [2.05, 4.69) is 25.3 Å². The zero-order valence-corrected chi connectivity index (χ0v) is 8.17. The monoisotopic (exact) mass is 201 g/mol. The van der Waals surface area contributed by atoms with Gasteiger partial charge in [0.05, 0.1) is 11.4 Å². The average Bonchev–Trinajstić information content (AvgIpc) is 2.32. The Kier molecular flexibility index (Phi) is 3.30. The van der Waals surface area contributed by atoms with Crippen molar-refractivity contribution in [2.45, 2.75) is 13.1 Å². The van der Waals surface area contributed by atoms with Crippen molar-refractivity contribution < 1.29 is 0 Å². The summed E-state index contributed by atoms with van der Waals surface area (Å²) in [6.07, 6.45) is 10.2. The topological polar surface area (TPSA) is 63.6 Å². The summed E-state index contributed by atoms with van der Waals surface area (Å²) in [4.78, 5) is 16.3. The molecule has 0 bridgehead atoms. The highest BCUT2D eigenvalue weighted by atomic mass is 14.9. The van der Waals surface area contributed by atoms with Gasteiger partial charge in [-0.05, 0) is 0 Å². The first-order valence-electron chi connectivity index (χ1n) is 4.65. The number of aromatic nitrogens is 4.